The molecule has 0 saturated carbocycles. The minimum absolute atomic E-state index is 0.201. The van der Waals surface area contributed by atoms with Gasteiger partial charge in [0.15, 0.2) is 5.11 Å². The number of hydrogen-bond donors (Lipinski definition) is 1. The summed E-state index contributed by atoms with van der Waals surface area (Å²) in [5.74, 6) is 1.07. The van der Waals surface area contributed by atoms with Crippen molar-refractivity contribution in [2.75, 3.05) is 6.54 Å². The van der Waals surface area contributed by atoms with Crippen LogP contribution in [0.5, 0.6) is 0 Å². The molecule has 0 fully saturated rings. The van der Waals surface area contributed by atoms with Gasteiger partial charge in [0.05, 0.1) is 11.6 Å². The molecule has 5 nitrogen and oxygen atoms in total. The third-order valence-corrected chi connectivity index (χ3v) is 6.40. The number of benzene rings is 2. The molecule has 2 heterocycles. The predicted molar refractivity (Wildman–Crippen MR) is 133 cm³/mol. The highest BCUT2D eigenvalue weighted by Gasteiger charge is 2.33. The van der Waals surface area contributed by atoms with Crippen LogP contribution in [0.4, 0.5) is 0 Å². The number of nitrogens with zero attached hydrogens (tertiary/aromatic N) is 3. The first-order chi connectivity index (χ1) is 15.5. The van der Waals surface area contributed by atoms with Gasteiger partial charge in [0.2, 0.25) is 5.82 Å². The highest BCUT2D eigenvalue weighted by atomic mass is 35.5. The van der Waals surface area contributed by atoms with Gasteiger partial charge in [-0.3, -0.25) is 0 Å². The highest BCUT2D eigenvalue weighted by Crippen LogP contribution is 2.37. The zero-order valence-electron chi connectivity index (χ0n) is 18.6. The summed E-state index contributed by atoms with van der Waals surface area (Å²) < 4.78 is 5.79. The number of allylic oxidation sites excluding steroid dienone is 1. The Kier molecular flexibility index (Phi) is 6.92. The first-order valence-corrected chi connectivity index (χ1v) is 11.8. The lowest BCUT2D eigenvalue weighted by Crippen LogP contribution is -2.46. The Balaban J connectivity index is 1.76. The summed E-state index contributed by atoms with van der Waals surface area (Å²) in [6, 6.07) is 15.8. The van der Waals surface area contributed by atoms with Crippen molar-refractivity contribution in [1.29, 1.82) is 0 Å². The number of thiocarbonyl (C=S) groups is 1. The largest absolute Gasteiger partial charge is 0.351 e. The standard InChI is InChI=1S/C25H27ClN4OS/c1-4-6-15-30-16(3)21(22(27-25(30)32)18-11-13-20(26)14-12-18)24-28-23(29-31-24)19-9-7-17(5-2)8-10-19/h7-14,22H,4-6,15H2,1-3H3,(H,27,32). The lowest BCUT2D eigenvalue weighted by atomic mass is 9.94. The third-order valence-electron chi connectivity index (χ3n) is 5.81. The molecular weight excluding hydrogens is 440 g/mol. The van der Waals surface area contributed by atoms with E-state index in [0.717, 1.165) is 48.2 Å². The molecular formula is C25H27ClN4OS. The van der Waals surface area contributed by atoms with E-state index in [9.17, 15) is 0 Å². The maximum atomic E-state index is 6.13. The fourth-order valence-corrected chi connectivity index (χ4v) is 4.36. The van der Waals surface area contributed by atoms with Crippen LogP contribution in [0, 0.1) is 0 Å². The maximum absolute atomic E-state index is 6.13. The smallest absolute Gasteiger partial charge is 0.258 e. The molecule has 7 heteroatoms. The topological polar surface area (TPSA) is 54.2 Å². The van der Waals surface area contributed by atoms with E-state index in [1.54, 1.807) is 0 Å². The van der Waals surface area contributed by atoms with Gasteiger partial charge in [0, 0.05) is 22.8 Å². The van der Waals surface area contributed by atoms with Crippen molar-refractivity contribution in [2.45, 2.75) is 46.1 Å². The van der Waals surface area contributed by atoms with E-state index in [1.165, 1.54) is 5.56 Å². The summed E-state index contributed by atoms with van der Waals surface area (Å²) in [5.41, 5.74) is 5.20. The fraction of sp³-hybridized carbons (Fsp3) is 0.320. The third kappa shape index (κ3) is 4.57. The van der Waals surface area contributed by atoms with Gasteiger partial charge in [-0.2, -0.15) is 4.98 Å². The number of rotatable bonds is 7. The Morgan fingerprint density at radius 1 is 1.09 bits per heavy atom. The summed E-state index contributed by atoms with van der Waals surface area (Å²) >= 11 is 11.8. The predicted octanol–water partition coefficient (Wildman–Crippen LogP) is 6.41. The van der Waals surface area contributed by atoms with Crippen LogP contribution >= 0.6 is 23.8 Å². The van der Waals surface area contributed by atoms with Gasteiger partial charge in [-0.1, -0.05) is 73.4 Å². The van der Waals surface area contributed by atoms with Crippen LogP contribution in [0.15, 0.2) is 58.8 Å². The van der Waals surface area contributed by atoms with Gasteiger partial charge in [0.1, 0.15) is 0 Å². The number of hydrogen-bond acceptors (Lipinski definition) is 4. The summed E-state index contributed by atoms with van der Waals surface area (Å²) in [5, 5.41) is 9.16. The van der Waals surface area contributed by atoms with Crippen molar-refractivity contribution in [1.82, 2.24) is 20.4 Å². The summed E-state index contributed by atoms with van der Waals surface area (Å²) in [4.78, 5) is 6.90. The van der Waals surface area contributed by atoms with E-state index in [-0.39, 0.29) is 6.04 Å². The Morgan fingerprint density at radius 2 is 1.81 bits per heavy atom. The summed E-state index contributed by atoms with van der Waals surface area (Å²) in [7, 11) is 0. The number of nitrogens with one attached hydrogen (secondary N) is 1. The van der Waals surface area contributed by atoms with Crippen LogP contribution in [-0.4, -0.2) is 26.7 Å². The average Bonchev–Trinajstić information content (AvgIpc) is 3.29. The van der Waals surface area contributed by atoms with Crippen LogP contribution in [0.2, 0.25) is 5.02 Å². The van der Waals surface area contributed by atoms with Gasteiger partial charge in [-0.15, -0.1) is 0 Å². The van der Waals surface area contributed by atoms with Gasteiger partial charge in [-0.25, -0.2) is 0 Å². The number of halogens is 1. The van der Waals surface area contributed by atoms with Gasteiger partial charge in [-0.05, 0) is 55.2 Å². The SMILES string of the molecule is CCCCN1C(=S)NC(c2ccc(Cl)cc2)C(c2nc(-c3ccc(CC)cc3)no2)=C1C. The molecule has 1 atom stereocenters. The molecule has 1 aromatic heterocycles. The molecule has 0 bridgehead atoms. The summed E-state index contributed by atoms with van der Waals surface area (Å²) in [6.45, 7) is 7.22. The van der Waals surface area contributed by atoms with Crippen molar-refractivity contribution in [3.63, 3.8) is 0 Å². The molecule has 1 N–H and O–H groups in total. The Morgan fingerprint density at radius 3 is 2.47 bits per heavy atom. The van der Waals surface area contributed by atoms with Crippen LogP contribution in [0.1, 0.15) is 56.7 Å². The molecule has 1 aliphatic rings. The highest BCUT2D eigenvalue weighted by molar-refractivity contribution is 7.80. The second-order valence-corrected chi connectivity index (χ2v) is 8.74. The van der Waals surface area contributed by atoms with Crippen LogP contribution in [0.25, 0.3) is 17.0 Å². The van der Waals surface area contributed by atoms with Crippen molar-refractivity contribution in [3.8, 4) is 11.4 Å². The van der Waals surface area contributed by atoms with E-state index >= 15 is 0 Å². The molecule has 3 aromatic rings. The molecule has 0 saturated heterocycles. The fourth-order valence-electron chi connectivity index (χ4n) is 3.89. The van der Waals surface area contributed by atoms with E-state index in [4.69, 9.17) is 33.3 Å². The van der Waals surface area contributed by atoms with E-state index in [0.29, 0.717) is 21.9 Å². The number of unbranched alkanes of at least 4 members (excludes halogenated alkanes) is 1. The summed E-state index contributed by atoms with van der Waals surface area (Å²) in [6.07, 6.45) is 3.11. The molecule has 0 radical (unpaired) electrons. The molecule has 0 spiro atoms. The van der Waals surface area contributed by atoms with Gasteiger partial charge in [0.25, 0.3) is 5.89 Å². The molecule has 4 rings (SSSR count). The first-order valence-electron chi connectivity index (χ1n) is 11.0. The minimum atomic E-state index is -0.201. The molecule has 0 amide bonds. The molecule has 32 heavy (non-hydrogen) atoms. The van der Waals surface area contributed by atoms with Crippen molar-refractivity contribution < 1.29 is 4.52 Å². The van der Waals surface area contributed by atoms with E-state index in [1.807, 2.05) is 36.4 Å². The van der Waals surface area contributed by atoms with Gasteiger partial charge >= 0.3 is 0 Å². The Hall–Kier alpha value is -2.70. The molecule has 0 aliphatic carbocycles. The Bertz CT molecular complexity index is 1120. The van der Waals surface area contributed by atoms with E-state index < -0.39 is 0 Å². The average molecular weight is 467 g/mol. The number of aryl methyl sites for hydroxylation is 1. The second-order valence-electron chi connectivity index (χ2n) is 7.91. The lowest BCUT2D eigenvalue weighted by Gasteiger charge is -2.37. The zero-order chi connectivity index (χ0) is 22.7. The second kappa shape index (κ2) is 9.84. The van der Waals surface area contributed by atoms with Crippen LogP contribution < -0.4 is 5.32 Å². The van der Waals surface area contributed by atoms with Crippen LogP contribution in [0.3, 0.4) is 0 Å². The van der Waals surface area contributed by atoms with Gasteiger partial charge < -0.3 is 14.7 Å². The zero-order valence-corrected chi connectivity index (χ0v) is 20.1. The lowest BCUT2D eigenvalue weighted by molar-refractivity contribution is 0.395. The van der Waals surface area contributed by atoms with E-state index in [2.05, 4.69) is 48.3 Å². The van der Waals surface area contributed by atoms with Crippen molar-refractivity contribution >= 4 is 34.5 Å². The monoisotopic (exact) mass is 466 g/mol. The molecule has 1 aliphatic heterocycles. The van der Waals surface area contributed by atoms with Crippen molar-refractivity contribution in [2.24, 2.45) is 0 Å². The number of aromatic nitrogens is 2. The first kappa shape index (κ1) is 22.5. The molecule has 2 aromatic carbocycles. The minimum Gasteiger partial charge on any atom is -0.351 e. The van der Waals surface area contributed by atoms with Crippen LogP contribution in [-0.2, 0) is 6.42 Å². The Labute approximate surface area is 199 Å². The van der Waals surface area contributed by atoms with Crippen molar-refractivity contribution in [3.05, 3.63) is 76.3 Å². The molecule has 1 unspecified atom stereocenters. The normalized spacial score (nSPS) is 16.4. The molecule has 166 valence electrons. The quantitative estimate of drug-likeness (QED) is 0.406. The maximum Gasteiger partial charge on any atom is 0.258 e.